The van der Waals surface area contributed by atoms with Gasteiger partial charge in [-0.15, -0.1) is 0 Å². The van der Waals surface area contributed by atoms with E-state index in [4.69, 9.17) is 4.52 Å². The molecule has 186 valence electrons. The van der Waals surface area contributed by atoms with Crippen LogP contribution in [0.2, 0.25) is 0 Å². The highest BCUT2D eigenvalue weighted by Gasteiger charge is 2.43. The Balaban J connectivity index is 1.08. The number of halogens is 1. The summed E-state index contributed by atoms with van der Waals surface area (Å²) in [6.45, 7) is 7.44. The molecule has 3 aromatic rings. The van der Waals surface area contributed by atoms with Gasteiger partial charge < -0.3 is 14.7 Å². The van der Waals surface area contributed by atoms with Crippen LogP contribution in [0, 0.1) is 27.8 Å². The molecule has 1 aliphatic carbocycles. The van der Waals surface area contributed by atoms with Crippen LogP contribution >= 0.6 is 0 Å². The monoisotopic (exact) mass is 490 g/mol. The third-order valence-corrected chi connectivity index (χ3v) is 7.26. The van der Waals surface area contributed by atoms with Gasteiger partial charge in [-0.05, 0) is 50.2 Å². The van der Waals surface area contributed by atoms with Crippen LogP contribution in [0.15, 0.2) is 65.2 Å². The van der Waals surface area contributed by atoms with Crippen molar-refractivity contribution in [1.29, 1.82) is 0 Å². The number of hydrogen-bond donors (Lipinski definition) is 1. The minimum Gasteiger partial charge on any atom is -0.356 e. The minimum absolute atomic E-state index is 0.0356. The lowest BCUT2D eigenvalue weighted by molar-refractivity contribution is -0.385. The Morgan fingerprint density at radius 2 is 2.03 bits per heavy atom. The number of carbonyl (C=O) groups is 1. The second-order valence-electron chi connectivity index (χ2n) is 9.47. The predicted molar refractivity (Wildman–Crippen MR) is 134 cm³/mol. The smallest absolute Gasteiger partial charge is 0.276 e. The Morgan fingerprint density at radius 3 is 2.81 bits per heavy atom. The van der Waals surface area contributed by atoms with Crippen molar-refractivity contribution < 1.29 is 18.6 Å². The van der Waals surface area contributed by atoms with Gasteiger partial charge in [0.1, 0.15) is 5.82 Å². The second-order valence-corrected chi connectivity index (χ2v) is 9.47. The average Bonchev–Trinajstić information content (AvgIpc) is 3.28. The van der Waals surface area contributed by atoms with Crippen LogP contribution in [-0.4, -0.2) is 47.1 Å². The highest BCUT2D eigenvalue weighted by atomic mass is 19.1. The van der Waals surface area contributed by atoms with Gasteiger partial charge in [-0.2, -0.15) is 0 Å². The highest BCUT2D eigenvalue weighted by Crippen LogP contribution is 2.45. The molecule has 0 radical (unpaired) electrons. The number of para-hydroxylation sites is 1. The van der Waals surface area contributed by atoms with Crippen LogP contribution in [0.4, 0.5) is 10.1 Å². The van der Waals surface area contributed by atoms with E-state index >= 15 is 0 Å². The van der Waals surface area contributed by atoms with Crippen molar-refractivity contribution in [3.8, 4) is 0 Å². The standard InChI is InChI=1S/C27H27FN4O4/c1-17-22(15-29-26(33)9-6-18-4-2-3-5-24(18)32(34)35)23(17)16-31-12-10-19(11-13-31)27-21-8-7-20(28)14-25(21)36-30-27/h2-9,14,19,22-23H,1,10-13,15-16H2,(H,29,33)/b9-6+/t22-,23-/m0/s1. The number of hydrogen-bond acceptors (Lipinski definition) is 6. The van der Waals surface area contributed by atoms with Gasteiger partial charge in [0.2, 0.25) is 5.91 Å². The van der Waals surface area contributed by atoms with E-state index in [0.717, 1.165) is 49.1 Å². The number of nitro benzene ring substituents is 1. The fourth-order valence-electron chi connectivity index (χ4n) is 5.08. The Kier molecular flexibility index (Phi) is 6.65. The SMILES string of the molecule is C=C1[C@H](CNC(=O)/C=C/c2ccccc2[N+](=O)[O-])[C@H]1CN1CCC(c2noc3cc(F)ccc23)CC1. The zero-order valence-corrected chi connectivity index (χ0v) is 19.7. The van der Waals surface area contributed by atoms with E-state index in [0.29, 0.717) is 23.6 Å². The molecule has 1 aromatic heterocycles. The molecule has 2 atom stereocenters. The summed E-state index contributed by atoms with van der Waals surface area (Å²) in [6, 6.07) is 10.9. The van der Waals surface area contributed by atoms with E-state index in [1.54, 1.807) is 24.3 Å². The van der Waals surface area contributed by atoms with Gasteiger partial charge in [-0.3, -0.25) is 14.9 Å². The molecule has 5 rings (SSSR count). The quantitative estimate of drug-likeness (QED) is 0.213. The first-order chi connectivity index (χ1) is 17.4. The second kappa shape index (κ2) is 10.0. The summed E-state index contributed by atoms with van der Waals surface area (Å²) in [4.78, 5) is 25.3. The summed E-state index contributed by atoms with van der Waals surface area (Å²) < 4.78 is 18.8. The molecule has 1 saturated carbocycles. The maximum absolute atomic E-state index is 13.4. The summed E-state index contributed by atoms with van der Waals surface area (Å²) in [5, 5.41) is 19.1. The molecule has 0 spiro atoms. The number of aromatic nitrogens is 1. The molecule has 1 aliphatic heterocycles. The van der Waals surface area contributed by atoms with Gasteiger partial charge >= 0.3 is 0 Å². The molecule has 2 aliphatic rings. The van der Waals surface area contributed by atoms with Crippen molar-refractivity contribution in [2.75, 3.05) is 26.2 Å². The summed E-state index contributed by atoms with van der Waals surface area (Å²) in [7, 11) is 0. The first kappa shape index (κ1) is 23.9. The van der Waals surface area contributed by atoms with Crippen molar-refractivity contribution >= 4 is 28.6 Å². The zero-order chi connectivity index (χ0) is 25.2. The number of benzene rings is 2. The fourth-order valence-corrected chi connectivity index (χ4v) is 5.08. The molecule has 2 aromatic carbocycles. The van der Waals surface area contributed by atoms with Crippen LogP contribution in [0.25, 0.3) is 17.0 Å². The lowest BCUT2D eigenvalue weighted by Crippen LogP contribution is -2.35. The van der Waals surface area contributed by atoms with Crippen LogP contribution < -0.4 is 5.32 Å². The molecule has 1 saturated heterocycles. The molecule has 0 bridgehead atoms. The highest BCUT2D eigenvalue weighted by molar-refractivity contribution is 5.92. The molecule has 2 fully saturated rings. The molecule has 36 heavy (non-hydrogen) atoms. The summed E-state index contributed by atoms with van der Waals surface area (Å²) in [6.07, 6.45) is 4.70. The molecule has 1 N–H and O–H groups in total. The Morgan fingerprint density at radius 1 is 1.25 bits per heavy atom. The van der Waals surface area contributed by atoms with Crippen molar-refractivity contribution in [3.63, 3.8) is 0 Å². The van der Waals surface area contributed by atoms with E-state index < -0.39 is 4.92 Å². The molecular formula is C27H27FN4O4. The Bertz CT molecular complexity index is 1340. The number of rotatable bonds is 8. The molecular weight excluding hydrogens is 463 g/mol. The molecule has 2 heterocycles. The minimum atomic E-state index is -0.464. The molecule has 9 heteroatoms. The van der Waals surface area contributed by atoms with Crippen molar-refractivity contribution in [2.45, 2.75) is 18.8 Å². The first-order valence-electron chi connectivity index (χ1n) is 12.1. The number of piperidine rings is 1. The molecule has 1 amide bonds. The normalized spacial score (nSPS) is 20.8. The van der Waals surface area contributed by atoms with Crippen LogP contribution in [0.3, 0.4) is 0 Å². The zero-order valence-electron chi connectivity index (χ0n) is 19.7. The lowest BCUT2D eigenvalue weighted by Gasteiger charge is -2.31. The summed E-state index contributed by atoms with van der Waals surface area (Å²) in [5.41, 5.74) is 2.90. The van der Waals surface area contributed by atoms with Gasteiger partial charge in [0.05, 0.1) is 16.2 Å². The van der Waals surface area contributed by atoms with Crippen LogP contribution in [0.1, 0.15) is 30.0 Å². The summed E-state index contributed by atoms with van der Waals surface area (Å²) in [5.74, 6) is 0.258. The van der Waals surface area contributed by atoms with Gasteiger partial charge in [0, 0.05) is 54.4 Å². The van der Waals surface area contributed by atoms with E-state index in [1.165, 1.54) is 30.4 Å². The molecule has 8 nitrogen and oxygen atoms in total. The number of nitro groups is 1. The third-order valence-electron chi connectivity index (χ3n) is 7.26. The third kappa shape index (κ3) is 5.06. The van der Waals surface area contributed by atoms with Crippen LogP contribution in [0.5, 0.6) is 0 Å². The van der Waals surface area contributed by atoms with Gasteiger partial charge in [0.15, 0.2) is 5.58 Å². The topological polar surface area (TPSA) is 102 Å². The number of nitrogens with one attached hydrogen (secondary N) is 1. The Labute approximate surface area is 207 Å². The lowest BCUT2D eigenvalue weighted by atomic mass is 9.91. The molecule has 0 unspecified atom stereocenters. The van der Waals surface area contributed by atoms with Gasteiger partial charge in [0.25, 0.3) is 5.69 Å². The van der Waals surface area contributed by atoms with Crippen LogP contribution in [-0.2, 0) is 4.79 Å². The van der Waals surface area contributed by atoms with Crippen molar-refractivity contribution in [1.82, 2.24) is 15.4 Å². The van der Waals surface area contributed by atoms with Gasteiger partial charge in [-0.1, -0.05) is 29.4 Å². The maximum Gasteiger partial charge on any atom is 0.276 e. The number of fused-ring (bicyclic) bond motifs is 1. The van der Waals surface area contributed by atoms with E-state index in [1.807, 2.05) is 0 Å². The summed E-state index contributed by atoms with van der Waals surface area (Å²) >= 11 is 0. The Hall–Kier alpha value is -3.85. The van der Waals surface area contributed by atoms with Gasteiger partial charge in [-0.25, -0.2) is 4.39 Å². The first-order valence-corrected chi connectivity index (χ1v) is 12.1. The number of amides is 1. The van der Waals surface area contributed by atoms with Crippen molar-refractivity contribution in [3.05, 3.63) is 87.9 Å². The predicted octanol–water partition coefficient (Wildman–Crippen LogP) is 4.69. The van der Waals surface area contributed by atoms with E-state index in [9.17, 15) is 19.3 Å². The largest absolute Gasteiger partial charge is 0.356 e. The van der Waals surface area contributed by atoms with E-state index in [2.05, 4.69) is 22.0 Å². The fraction of sp³-hybridized carbons (Fsp3) is 0.333. The maximum atomic E-state index is 13.4. The van der Waals surface area contributed by atoms with E-state index in [-0.39, 0.29) is 29.2 Å². The number of nitrogens with zero attached hydrogens (tertiary/aromatic N) is 3. The number of carbonyl (C=O) groups excluding carboxylic acids is 1. The van der Waals surface area contributed by atoms with Crippen molar-refractivity contribution in [2.24, 2.45) is 11.8 Å². The average molecular weight is 491 g/mol. The number of likely N-dealkylation sites (tertiary alicyclic amines) is 1.